The van der Waals surface area contributed by atoms with Gasteiger partial charge in [-0.15, -0.1) is 0 Å². The van der Waals surface area contributed by atoms with Crippen LogP contribution in [0, 0.1) is 5.82 Å². The Kier molecular flexibility index (Phi) is 4.32. The number of rotatable bonds is 4. The molecule has 0 bridgehead atoms. The van der Waals surface area contributed by atoms with Gasteiger partial charge >= 0.3 is 0 Å². The SMILES string of the molecule is CN(CC(N)CN)c1ccc(F)c(Cl)c1. The molecule has 1 rings (SSSR count). The first-order valence-electron chi connectivity index (χ1n) is 4.66. The second-order valence-corrected chi connectivity index (χ2v) is 3.88. The molecule has 0 aliphatic rings. The summed E-state index contributed by atoms with van der Waals surface area (Å²) in [5.74, 6) is -0.420. The molecule has 0 fully saturated rings. The highest BCUT2D eigenvalue weighted by molar-refractivity contribution is 6.31. The second kappa shape index (κ2) is 5.30. The van der Waals surface area contributed by atoms with Gasteiger partial charge in [-0.25, -0.2) is 4.39 Å². The summed E-state index contributed by atoms with van der Waals surface area (Å²) in [6.07, 6.45) is 0. The molecule has 0 aliphatic carbocycles. The number of anilines is 1. The van der Waals surface area contributed by atoms with Crippen LogP contribution in [0.25, 0.3) is 0 Å². The van der Waals surface area contributed by atoms with Crippen LogP contribution < -0.4 is 16.4 Å². The molecule has 84 valence electrons. The highest BCUT2D eigenvalue weighted by Crippen LogP contribution is 2.21. The van der Waals surface area contributed by atoms with Crippen LogP contribution in [-0.4, -0.2) is 26.2 Å². The lowest BCUT2D eigenvalue weighted by molar-refractivity contribution is 0.627. The largest absolute Gasteiger partial charge is 0.373 e. The van der Waals surface area contributed by atoms with Crippen LogP contribution in [0.3, 0.4) is 0 Å². The highest BCUT2D eigenvalue weighted by atomic mass is 35.5. The van der Waals surface area contributed by atoms with Gasteiger partial charge in [0.05, 0.1) is 5.02 Å². The third-order valence-corrected chi connectivity index (χ3v) is 2.44. The average molecular weight is 232 g/mol. The fourth-order valence-corrected chi connectivity index (χ4v) is 1.43. The predicted molar refractivity (Wildman–Crippen MR) is 61.7 cm³/mol. The molecule has 4 N–H and O–H groups in total. The Morgan fingerprint density at radius 3 is 2.73 bits per heavy atom. The first-order valence-corrected chi connectivity index (χ1v) is 5.04. The van der Waals surface area contributed by atoms with Gasteiger partial charge in [-0.1, -0.05) is 11.6 Å². The molecule has 0 saturated heterocycles. The van der Waals surface area contributed by atoms with Crippen LogP contribution in [0.4, 0.5) is 10.1 Å². The van der Waals surface area contributed by atoms with Gasteiger partial charge in [0.25, 0.3) is 0 Å². The number of benzene rings is 1. The first kappa shape index (κ1) is 12.2. The van der Waals surface area contributed by atoms with E-state index in [2.05, 4.69) is 0 Å². The topological polar surface area (TPSA) is 55.3 Å². The third-order valence-electron chi connectivity index (χ3n) is 2.16. The van der Waals surface area contributed by atoms with Crippen LogP contribution in [0.5, 0.6) is 0 Å². The molecule has 1 aromatic rings. The number of nitrogens with zero attached hydrogens (tertiary/aromatic N) is 1. The molecule has 0 radical (unpaired) electrons. The van der Waals surface area contributed by atoms with Crippen molar-refractivity contribution in [3.63, 3.8) is 0 Å². The first-order chi connectivity index (χ1) is 7.04. The van der Waals surface area contributed by atoms with E-state index in [1.54, 1.807) is 12.1 Å². The van der Waals surface area contributed by atoms with Crippen molar-refractivity contribution in [2.75, 3.05) is 25.0 Å². The Morgan fingerprint density at radius 2 is 2.20 bits per heavy atom. The molecule has 15 heavy (non-hydrogen) atoms. The van der Waals surface area contributed by atoms with Gasteiger partial charge in [-0.05, 0) is 18.2 Å². The zero-order chi connectivity index (χ0) is 11.4. The summed E-state index contributed by atoms with van der Waals surface area (Å²) >= 11 is 5.67. The van der Waals surface area contributed by atoms with Gasteiger partial charge in [-0.3, -0.25) is 0 Å². The fourth-order valence-electron chi connectivity index (χ4n) is 1.25. The molecule has 0 heterocycles. The lowest BCUT2D eigenvalue weighted by Crippen LogP contribution is -2.40. The Labute approximate surface area is 93.8 Å². The highest BCUT2D eigenvalue weighted by Gasteiger charge is 2.08. The minimum Gasteiger partial charge on any atom is -0.373 e. The quantitative estimate of drug-likeness (QED) is 0.819. The number of hydrogen-bond acceptors (Lipinski definition) is 3. The van der Waals surface area contributed by atoms with Gasteiger partial charge in [0.2, 0.25) is 0 Å². The van der Waals surface area contributed by atoms with E-state index in [1.165, 1.54) is 6.07 Å². The van der Waals surface area contributed by atoms with E-state index >= 15 is 0 Å². The zero-order valence-electron chi connectivity index (χ0n) is 8.58. The standard InChI is InChI=1S/C10H15ClFN3/c1-15(6-7(14)5-13)8-2-3-10(12)9(11)4-8/h2-4,7H,5-6,13-14H2,1H3. The van der Waals surface area contributed by atoms with E-state index in [-0.39, 0.29) is 11.1 Å². The number of nitrogens with two attached hydrogens (primary N) is 2. The van der Waals surface area contributed by atoms with Crippen LogP contribution in [0.1, 0.15) is 0 Å². The number of likely N-dealkylation sites (N-methyl/N-ethyl adjacent to an activating group) is 1. The smallest absolute Gasteiger partial charge is 0.141 e. The van der Waals surface area contributed by atoms with Gasteiger partial charge < -0.3 is 16.4 Å². The van der Waals surface area contributed by atoms with E-state index < -0.39 is 5.82 Å². The molecular weight excluding hydrogens is 217 g/mol. The van der Waals surface area contributed by atoms with Crippen LogP contribution in [0.15, 0.2) is 18.2 Å². The molecular formula is C10H15ClFN3. The minimum atomic E-state index is -0.420. The Morgan fingerprint density at radius 1 is 1.53 bits per heavy atom. The van der Waals surface area contributed by atoms with Gasteiger partial charge in [0.15, 0.2) is 0 Å². The fraction of sp³-hybridized carbons (Fsp3) is 0.400. The van der Waals surface area contributed by atoms with Crippen molar-refractivity contribution >= 4 is 17.3 Å². The Balaban J connectivity index is 2.73. The Hall–Kier alpha value is -0.840. The lowest BCUT2D eigenvalue weighted by Gasteiger charge is -2.22. The van der Waals surface area contributed by atoms with Crippen LogP contribution in [-0.2, 0) is 0 Å². The van der Waals surface area contributed by atoms with Crippen molar-refractivity contribution in [2.24, 2.45) is 11.5 Å². The summed E-state index contributed by atoms with van der Waals surface area (Å²) in [4.78, 5) is 1.89. The predicted octanol–water partition coefficient (Wildman–Crippen LogP) is 1.20. The molecule has 1 aromatic carbocycles. The maximum atomic E-state index is 12.9. The average Bonchev–Trinajstić information content (AvgIpc) is 2.21. The third kappa shape index (κ3) is 3.34. The maximum Gasteiger partial charge on any atom is 0.141 e. The molecule has 1 unspecified atom stereocenters. The van der Waals surface area contributed by atoms with Gasteiger partial charge in [0.1, 0.15) is 5.82 Å². The summed E-state index contributed by atoms with van der Waals surface area (Å²) in [5.41, 5.74) is 11.9. The summed E-state index contributed by atoms with van der Waals surface area (Å²) in [5, 5.41) is 0.112. The summed E-state index contributed by atoms with van der Waals surface area (Å²) in [6, 6.07) is 4.46. The molecule has 0 aliphatic heterocycles. The van der Waals surface area contributed by atoms with Crippen molar-refractivity contribution in [3.05, 3.63) is 29.0 Å². The van der Waals surface area contributed by atoms with Crippen molar-refractivity contribution in [1.29, 1.82) is 0 Å². The number of halogens is 2. The van der Waals surface area contributed by atoms with E-state index in [0.29, 0.717) is 13.1 Å². The molecule has 0 saturated carbocycles. The monoisotopic (exact) mass is 231 g/mol. The Bertz CT molecular complexity index is 332. The van der Waals surface area contributed by atoms with Crippen LogP contribution >= 0.6 is 11.6 Å². The molecule has 5 heteroatoms. The van der Waals surface area contributed by atoms with Crippen molar-refractivity contribution < 1.29 is 4.39 Å². The van der Waals surface area contributed by atoms with E-state index in [4.69, 9.17) is 23.1 Å². The lowest BCUT2D eigenvalue weighted by atomic mass is 10.2. The van der Waals surface area contributed by atoms with Crippen molar-refractivity contribution in [2.45, 2.75) is 6.04 Å². The van der Waals surface area contributed by atoms with Crippen molar-refractivity contribution in [1.82, 2.24) is 0 Å². The number of hydrogen-bond donors (Lipinski definition) is 2. The molecule has 1 atom stereocenters. The van der Waals surface area contributed by atoms with Gasteiger partial charge in [0, 0.05) is 31.9 Å². The maximum absolute atomic E-state index is 12.9. The molecule has 0 amide bonds. The molecule has 3 nitrogen and oxygen atoms in total. The van der Waals surface area contributed by atoms with E-state index in [9.17, 15) is 4.39 Å². The normalized spacial score (nSPS) is 12.6. The molecule has 0 spiro atoms. The van der Waals surface area contributed by atoms with Crippen molar-refractivity contribution in [3.8, 4) is 0 Å². The van der Waals surface area contributed by atoms with E-state index in [0.717, 1.165) is 5.69 Å². The van der Waals surface area contributed by atoms with Gasteiger partial charge in [-0.2, -0.15) is 0 Å². The summed E-state index contributed by atoms with van der Waals surface area (Å²) < 4.78 is 12.9. The van der Waals surface area contributed by atoms with Crippen LogP contribution in [0.2, 0.25) is 5.02 Å². The summed E-state index contributed by atoms with van der Waals surface area (Å²) in [6.45, 7) is 1.03. The molecule has 0 aromatic heterocycles. The second-order valence-electron chi connectivity index (χ2n) is 3.47. The van der Waals surface area contributed by atoms with E-state index in [1.807, 2.05) is 11.9 Å². The zero-order valence-corrected chi connectivity index (χ0v) is 9.34. The summed E-state index contributed by atoms with van der Waals surface area (Å²) in [7, 11) is 1.86. The minimum absolute atomic E-state index is 0.0983.